The number of nitrogens with one attached hydrogen (secondary N) is 1. The van der Waals surface area contributed by atoms with Crippen molar-refractivity contribution >= 4 is 22.6 Å². The number of imidazole rings is 1. The third-order valence-electron chi connectivity index (χ3n) is 4.64. The molecule has 1 amide bonds. The van der Waals surface area contributed by atoms with Crippen molar-refractivity contribution in [2.45, 2.75) is 6.54 Å². The van der Waals surface area contributed by atoms with Crippen LogP contribution in [-0.2, 0) is 6.54 Å². The van der Waals surface area contributed by atoms with E-state index in [1.807, 2.05) is 51.7 Å². The number of hydrogen-bond acceptors (Lipinski definition) is 4. The highest BCUT2D eigenvalue weighted by atomic mass is 16.1. The van der Waals surface area contributed by atoms with E-state index in [-0.39, 0.29) is 5.91 Å². The highest BCUT2D eigenvalue weighted by Gasteiger charge is 2.15. The van der Waals surface area contributed by atoms with E-state index in [0.717, 1.165) is 35.5 Å². The highest BCUT2D eigenvalue weighted by Crippen LogP contribution is 2.22. The summed E-state index contributed by atoms with van der Waals surface area (Å²) in [6, 6.07) is 15.1. The van der Waals surface area contributed by atoms with E-state index in [1.165, 1.54) is 0 Å². The van der Waals surface area contributed by atoms with Crippen molar-refractivity contribution in [1.82, 2.24) is 19.1 Å². The van der Waals surface area contributed by atoms with Crippen LogP contribution in [0, 0.1) is 0 Å². The molecule has 0 aliphatic carbocycles. The SMILES string of the molecule is O=C(N=c1nc2ccccc2c2n1CCN2)c1ccc(-n2ccnc2)cc1. The molecule has 0 saturated carbocycles. The van der Waals surface area contributed by atoms with Gasteiger partial charge < -0.3 is 9.88 Å². The van der Waals surface area contributed by atoms with Gasteiger partial charge in [0.2, 0.25) is 5.62 Å². The summed E-state index contributed by atoms with van der Waals surface area (Å²) in [4.78, 5) is 25.6. The molecule has 0 fully saturated rings. The van der Waals surface area contributed by atoms with Crippen molar-refractivity contribution in [3.05, 3.63) is 78.4 Å². The molecule has 0 unspecified atom stereocenters. The minimum Gasteiger partial charge on any atom is -0.369 e. The van der Waals surface area contributed by atoms with Crippen LogP contribution >= 0.6 is 0 Å². The molecule has 1 N–H and O–H groups in total. The van der Waals surface area contributed by atoms with E-state index >= 15 is 0 Å². The van der Waals surface area contributed by atoms with Crippen LogP contribution in [-0.4, -0.2) is 31.6 Å². The van der Waals surface area contributed by atoms with Gasteiger partial charge in [-0.1, -0.05) is 12.1 Å². The van der Waals surface area contributed by atoms with Crippen molar-refractivity contribution < 1.29 is 4.79 Å². The maximum Gasteiger partial charge on any atom is 0.280 e. The summed E-state index contributed by atoms with van der Waals surface area (Å²) in [5, 5.41) is 4.40. The molecular weight excluding hydrogens is 340 g/mol. The fraction of sp³-hybridized carbons (Fsp3) is 0.100. The van der Waals surface area contributed by atoms with E-state index in [9.17, 15) is 4.79 Å². The second-order valence-electron chi connectivity index (χ2n) is 6.29. The summed E-state index contributed by atoms with van der Waals surface area (Å²) in [6.07, 6.45) is 5.28. The number of para-hydroxylation sites is 1. The Hall–Kier alpha value is -3.74. The molecule has 132 valence electrons. The number of hydrogen-bond donors (Lipinski definition) is 1. The van der Waals surface area contributed by atoms with Crippen molar-refractivity contribution in [3.63, 3.8) is 0 Å². The number of nitrogens with zero attached hydrogens (tertiary/aromatic N) is 5. The van der Waals surface area contributed by atoms with Crippen LogP contribution < -0.4 is 10.9 Å². The summed E-state index contributed by atoms with van der Waals surface area (Å²) in [6.45, 7) is 1.53. The van der Waals surface area contributed by atoms with Gasteiger partial charge in [0.25, 0.3) is 5.91 Å². The summed E-state index contributed by atoms with van der Waals surface area (Å²) >= 11 is 0. The number of amides is 1. The number of fused-ring (bicyclic) bond motifs is 3. The zero-order valence-electron chi connectivity index (χ0n) is 14.4. The average Bonchev–Trinajstić information content (AvgIpc) is 3.40. The molecule has 2 aromatic heterocycles. The Bertz CT molecular complexity index is 1210. The lowest BCUT2D eigenvalue weighted by atomic mass is 10.2. The second-order valence-corrected chi connectivity index (χ2v) is 6.29. The van der Waals surface area contributed by atoms with Crippen LogP contribution in [0.5, 0.6) is 0 Å². The molecule has 7 heteroatoms. The number of aromatic nitrogens is 4. The monoisotopic (exact) mass is 356 g/mol. The molecule has 1 aliphatic heterocycles. The zero-order chi connectivity index (χ0) is 18.2. The summed E-state index contributed by atoms with van der Waals surface area (Å²) in [5.74, 6) is 0.652. The van der Waals surface area contributed by atoms with Gasteiger partial charge in [0.15, 0.2) is 0 Å². The third kappa shape index (κ3) is 2.69. The van der Waals surface area contributed by atoms with Crippen LogP contribution in [0.15, 0.2) is 72.2 Å². The van der Waals surface area contributed by atoms with Gasteiger partial charge in [0, 0.05) is 42.1 Å². The molecule has 0 saturated heterocycles. The molecule has 2 aromatic carbocycles. The van der Waals surface area contributed by atoms with Crippen molar-refractivity contribution in [3.8, 4) is 5.69 Å². The van der Waals surface area contributed by atoms with E-state index < -0.39 is 0 Å². The van der Waals surface area contributed by atoms with E-state index in [0.29, 0.717) is 11.2 Å². The maximum absolute atomic E-state index is 12.7. The van der Waals surface area contributed by atoms with Gasteiger partial charge in [-0.3, -0.25) is 9.36 Å². The van der Waals surface area contributed by atoms with E-state index in [2.05, 4.69) is 20.3 Å². The number of anilines is 1. The highest BCUT2D eigenvalue weighted by molar-refractivity contribution is 5.95. The lowest BCUT2D eigenvalue weighted by Crippen LogP contribution is -2.24. The summed E-state index contributed by atoms with van der Waals surface area (Å²) in [7, 11) is 0. The van der Waals surface area contributed by atoms with Gasteiger partial charge in [0.05, 0.1) is 11.8 Å². The number of carbonyl (C=O) groups excluding carboxylic acids is 1. The zero-order valence-corrected chi connectivity index (χ0v) is 14.4. The quantitative estimate of drug-likeness (QED) is 0.598. The van der Waals surface area contributed by atoms with Gasteiger partial charge in [-0.2, -0.15) is 4.99 Å². The van der Waals surface area contributed by atoms with Crippen molar-refractivity contribution in [1.29, 1.82) is 0 Å². The van der Waals surface area contributed by atoms with Crippen molar-refractivity contribution in [2.75, 3.05) is 11.9 Å². The molecule has 5 rings (SSSR count). The van der Waals surface area contributed by atoms with Gasteiger partial charge >= 0.3 is 0 Å². The van der Waals surface area contributed by atoms with Gasteiger partial charge in [0.1, 0.15) is 5.82 Å². The average molecular weight is 356 g/mol. The molecule has 0 bridgehead atoms. The molecule has 4 aromatic rings. The van der Waals surface area contributed by atoms with Crippen LogP contribution in [0.1, 0.15) is 10.4 Å². The minimum absolute atomic E-state index is 0.309. The molecule has 0 atom stereocenters. The first-order chi connectivity index (χ1) is 13.3. The standard InChI is InChI=1S/C20H16N6O/c27-19(14-5-7-15(8-6-14)25-11-9-21-13-25)24-20-23-17-4-2-1-3-16(17)18-22-10-12-26(18)20/h1-9,11,13,22H,10,12H2. The first kappa shape index (κ1) is 15.5. The fourth-order valence-corrected chi connectivity index (χ4v) is 3.30. The predicted molar refractivity (Wildman–Crippen MR) is 102 cm³/mol. The number of carbonyl (C=O) groups is 1. The van der Waals surface area contributed by atoms with Gasteiger partial charge in [-0.25, -0.2) is 9.97 Å². The predicted octanol–water partition coefficient (Wildman–Crippen LogP) is 2.39. The Kier molecular flexibility index (Phi) is 3.57. The van der Waals surface area contributed by atoms with Crippen LogP contribution in [0.4, 0.5) is 5.82 Å². The topological polar surface area (TPSA) is 77.1 Å². The Morgan fingerprint density at radius 1 is 1.11 bits per heavy atom. The van der Waals surface area contributed by atoms with Crippen LogP contribution in [0.2, 0.25) is 0 Å². The van der Waals surface area contributed by atoms with E-state index in [4.69, 9.17) is 0 Å². The Morgan fingerprint density at radius 2 is 1.96 bits per heavy atom. The van der Waals surface area contributed by atoms with Gasteiger partial charge in [-0.15, -0.1) is 0 Å². The smallest absolute Gasteiger partial charge is 0.280 e. The van der Waals surface area contributed by atoms with Crippen LogP contribution in [0.25, 0.3) is 16.6 Å². The normalized spacial score (nSPS) is 13.6. The molecule has 0 radical (unpaired) electrons. The molecule has 1 aliphatic rings. The first-order valence-electron chi connectivity index (χ1n) is 8.70. The number of benzene rings is 2. The van der Waals surface area contributed by atoms with Gasteiger partial charge in [-0.05, 0) is 36.4 Å². The fourth-order valence-electron chi connectivity index (χ4n) is 3.30. The Morgan fingerprint density at radius 3 is 2.78 bits per heavy atom. The summed E-state index contributed by atoms with van der Waals surface area (Å²) < 4.78 is 3.84. The molecule has 7 nitrogen and oxygen atoms in total. The molecule has 27 heavy (non-hydrogen) atoms. The lowest BCUT2D eigenvalue weighted by molar-refractivity contribution is 0.0996. The first-order valence-corrected chi connectivity index (χ1v) is 8.70. The largest absolute Gasteiger partial charge is 0.369 e. The molecule has 3 heterocycles. The van der Waals surface area contributed by atoms with Crippen molar-refractivity contribution in [2.24, 2.45) is 4.99 Å². The molecular formula is C20H16N6O. The van der Waals surface area contributed by atoms with Crippen LogP contribution in [0.3, 0.4) is 0 Å². The molecule has 0 spiro atoms. The Labute approximate surface area is 154 Å². The second kappa shape index (κ2) is 6.21. The Balaban J connectivity index is 1.56. The maximum atomic E-state index is 12.7. The number of rotatable bonds is 2. The third-order valence-corrected chi connectivity index (χ3v) is 4.64. The summed E-state index contributed by atoms with van der Waals surface area (Å²) in [5.41, 5.74) is 2.71. The van der Waals surface area contributed by atoms with E-state index in [1.54, 1.807) is 24.7 Å². The minimum atomic E-state index is -0.309. The lowest BCUT2D eigenvalue weighted by Gasteiger charge is -2.07.